The largest absolute Gasteiger partial charge is 0.341 e. The molecule has 2 saturated heterocycles. The van der Waals surface area contributed by atoms with Gasteiger partial charge in [0.05, 0.1) is 6.04 Å². The van der Waals surface area contributed by atoms with Gasteiger partial charge in [-0.1, -0.05) is 5.16 Å². The topological polar surface area (TPSA) is 65.7 Å². The molecule has 0 radical (unpaired) electrons. The van der Waals surface area contributed by atoms with Gasteiger partial charge in [0.1, 0.15) is 0 Å². The smallest absolute Gasteiger partial charge is 0.243 e. The number of piperazine rings is 1. The minimum Gasteiger partial charge on any atom is -0.341 e. The summed E-state index contributed by atoms with van der Waals surface area (Å²) in [5, 5.41) is 4.13. The molecule has 0 aromatic carbocycles. The molecule has 0 spiro atoms. The zero-order chi connectivity index (χ0) is 16.5. The maximum Gasteiger partial charge on any atom is 0.243 e. The lowest BCUT2D eigenvalue weighted by atomic mass is 10.2. The number of hydrogen-bond donors (Lipinski definition) is 0. The second-order valence-corrected chi connectivity index (χ2v) is 7.30. The van der Waals surface area contributed by atoms with Crippen molar-refractivity contribution in [3.05, 3.63) is 11.7 Å². The van der Waals surface area contributed by atoms with Gasteiger partial charge in [0.25, 0.3) is 0 Å². The Hall–Kier alpha value is -1.47. The number of aromatic nitrogens is 2. The molecule has 0 N–H and O–H groups in total. The van der Waals surface area contributed by atoms with Crippen molar-refractivity contribution >= 4 is 5.91 Å². The molecule has 24 heavy (non-hydrogen) atoms. The van der Waals surface area contributed by atoms with E-state index >= 15 is 0 Å². The highest BCUT2D eigenvalue weighted by Gasteiger charge is 2.31. The summed E-state index contributed by atoms with van der Waals surface area (Å²) in [6.07, 6.45) is 4.16. The minimum absolute atomic E-state index is 0.187. The third-order valence-electron chi connectivity index (χ3n) is 5.57. The lowest BCUT2D eigenvalue weighted by Crippen LogP contribution is -2.49. The number of rotatable bonds is 6. The van der Waals surface area contributed by atoms with Crippen molar-refractivity contribution in [3.8, 4) is 0 Å². The maximum atomic E-state index is 11.7. The minimum atomic E-state index is 0.187. The van der Waals surface area contributed by atoms with Crippen LogP contribution >= 0.6 is 0 Å². The van der Waals surface area contributed by atoms with Gasteiger partial charge >= 0.3 is 0 Å². The summed E-state index contributed by atoms with van der Waals surface area (Å²) >= 11 is 0. The fraction of sp³-hybridized carbons (Fsp3) is 0.824. The highest BCUT2D eigenvalue weighted by atomic mass is 16.5. The van der Waals surface area contributed by atoms with Crippen LogP contribution in [0.2, 0.25) is 0 Å². The molecule has 0 bridgehead atoms. The number of carbonyl (C=O) groups is 1. The Morgan fingerprint density at radius 2 is 1.96 bits per heavy atom. The van der Waals surface area contributed by atoms with Gasteiger partial charge in [-0.15, -0.1) is 0 Å². The molecule has 7 heteroatoms. The fourth-order valence-corrected chi connectivity index (χ4v) is 3.66. The van der Waals surface area contributed by atoms with Crippen LogP contribution in [0.3, 0.4) is 0 Å². The van der Waals surface area contributed by atoms with Gasteiger partial charge in [0, 0.05) is 58.2 Å². The second-order valence-electron chi connectivity index (χ2n) is 7.30. The molecule has 1 amide bonds. The van der Waals surface area contributed by atoms with Gasteiger partial charge < -0.3 is 9.42 Å². The SMILES string of the molecule is CC(c1nc(C2CC2)no1)N1CCN(CCN2CCCC2=O)CC1. The fourth-order valence-electron chi connectivity index (χ4n) is 3.66. The van der Waals surface area contributed by atoms with E-state index in [-0.39, 0.29) is 6.04 Å². The summed E-state index contributed by atoms with van der Waals surface area (Å²) in [6.45, 7) is 9.06. The Bertz CT molecular complexity index is 577. The van der Waals surface area contributed by atoms with Gasteiger partial charge in [-0.25, -0.2) is 0 Å². The van der Waals surface area contributed by atoms with Crippen molar-refractivity contribution < 1.29 is 9.32 Å². The molecule has 4 rings (SSSR count). The van der Waals surface area contributed by atoms with Crippen LogP contribution in [-0.4, -0.2) is 76.6 Å². The molecule has 3 aliphatic rings. The quantitative estimate of drug-likeness (QED) is 0.780. The molecule has 1 unspecified atom stereocenters. The van der Waals surface area contributed by atoms with Crippen molar-refractivity contribution in [1.82, 2.24) is 24.8 Å². The van der Waals surface area contributed by atoms with Gasteiger partial charge in [-0.2, -0.15) is 4.98 Å². The summed E-state index contributed by atoms with van der Waals surface area (Å²) in [6, 6.07) is 0.187. The molecule has 1 aromatic heterocycles. The molecule has 7 nitrogen and oxygen atoms in total. The highest BCUT2D eigenvalue weighted by Crippen LogP contribution is 2.38. The first-order chi connectivity index (χ1) is 11.7. The standard InChI is InChI=1S/C17H27N5O2/c1-13(17-18-16(19-24-17)14-4-5-14)21-10-7-20(8-11-21)9-12-22-6-2-3-15(22)23/h13-14H,2-12H2,1H3. The molecule has 1 aliphatic carbocycles. The van der Waals surface area contributed by atoms with E-state index in [0.29, 0.717) is 11.8 Å². The van der Waals surface area contributed by atoms with Crippen LogP contribution in [0.1, 0.15) is 56.3 Å². The van der Waals surface area contributed by atoms with Gasteiger partial charge in [0.2, 0.25) is 11.8 Å². The monoisotopic (exact) mass is 333 g/mol. The summed E-state index contributed by atoms with van der Waals surface area (Å²) in [7, 11) is 0. The van der Waals surface area contributed by atoms with Crippen LogP contribution in [0, 0.1) is 0 Å². The number of hydrogen-bond acceptors (Lipinski definition) is 6. The first kappa shape index (κ1) is 16.0. The van der Waals surface area contributed by atoms with E-state index < -0.39 is 0 Å². The summed E-state index contributed by atoms with van der Waals surface area (Å²) in [4.78, 5) is 23.1. The highest BCUT2D eigenvalue weighted by molar-refractivity contribution is 5.78. The molecule has 132 valence electrons. The summed E-state index contributed by atoms with van der Waals surface area (Å²) in [5.74, 6) is 2.52. The molecule has 2 aliphatic heterocycles. The van der Waals surface area contributed by atoms with E-state index in [4.69, 9.17) is 4.52 Å². The summed E-state index contributed by atoms with van der Waals surface area (Å²) in [5.41, 5.74) is 0. The van der Waals surface area contributed by atoms with Crippen molar-refractivity contribution in [2.75, 3.05) is 45.8 Å². The zero-order valence-electron chi connectivity index (χ0n) is 14.5. The Morgan fingerprint density at radius 3 is 2.62 bits per heavy atom. The number of carbonyl (C=O) groups excluding carboxylic acids is 1. The van der Waals surface area contributed by atoms with Crippen LogP contribution < -0.4 is 0 Å². The van der Waals surface area contributed by atoms with Crippen LogP contribution in [0.15, 0.2) is 4.52 Å². The van der Waals surface area contributed by atoms with E-state index in [1.807, 2.05) is 4.90 Å². The first-order valence-corrected chi connectivity index (χ1v) is 9.28. The first-order valence-electron chi connectivity index (χ1n) is 9.28. The molecule has 1 saturated carbocycles. The van der Waals surface area contributed by atoms with E-state index in [0.717, 1.165) is 70.4 Å². The average molecular weight is 333 g/mol. The van der Waals surface area contributed by atoms with Gasteiger partial charge in [-0.3, -0.25) is 14.6 Å². The molecule has 3 heterocycles. The second kappa shape index (κ2) is 6.80. The Morgan fingerprint density at radius 1 is 1.17 bits per heavy atom. The number of likely N-dealkylation sites (tertiary alicyclic amines) is 1. The van der Waals surface area contributed by atoms with E-state index in [1.165, 1.54) is 12.8 Å². The van der Waals surface area contributed by atoms with Crippen molar-refractivity contribution in [2.24, 2.45) is 0 Å². The number of amides is 1. The summed E-state index contributed by atoms with van der Waals surface area (Å²) < 4.78 is 5.47. The predicted molar refractivity (Wildman–Crippen MR) is 88.5 cm³/mol. The van der Waals surface area contributed by atoms with Crippen molar-refractivity contribution in [3.63, 3.8) is 0 Å². The van der Waals surface area contributed by atoms with E-state index in [2.05, 4.69) is 26.9 Å². The third kappa shape index (κ3) is 3.47. The molecular weight excluding hydrogens is 306 g/mol. The van der Waals surface area contributed by atoms with Gasteiger partial charge in [0.15, 0.2) is 5.82 Å². The van der Waals surface area contributed by atoms with E-state index in [9.17, 15) is 4.79 Å². The van der Waals surface area contributed by atoms with Gasteiger partial charge in [-0.05, 0) is 26.2 Å². The van der Waals surface area contributed by atoms with E-state index in [1.54, 1.807) is 0 Å². The molecule has 1 aromatic rings. The zero-order valence-corrected chi connectivity index (χ0v) is 14.5. The lowest BCUT2D eigenvalue weighted by Gasteiger charge is -2.37. The molecular formula is C17H27N5O2. The normalized spacial score (nSPS) is 24.7. The van der Waals surface area contributed by atoms with Crippen LogP contribution in [-0.2, 0) is 4.79 Å². The van der Waals surface area contributed by atoms with Crippen LogP contribution in [0.4, 0.5) is 0 Å². The van der Waals surface area contributed by atoms with Crippen molar-refractivity contribution in [1.29, 1.82) is 0 Å². The Kier molecular flexibility index (Phi) is 4.54. The lowest BCUT2D eigenvalue weighted by molar-refractivity contribution is -0.127. The number of nitrogens with zero attached hydrogens (tertiary/aromatic N) is 5. The average Bonchev–Trinajstić information content (AvgIpc) is 3.19. The Labute approximate surface area is 143 Å². The molecule has 1 atom stereocenters. The van der Waals surface area contributed by atoms with Crippen LogP contribution in [0.5, 0.6) is 0 Å². The maximum absolute atomic E-state index is 11.7. The van der Waals surface area contributed by atoms with Crippen molar-refractivity contribution in [2.45, 2.75) is 44.6 Å². The Balaban J connectivity index is 1.23. The van der Waals surface area contributed by atoms with Crippen LogP contribution in [0.25, 0.3) is 0 Å². The predicted octanol–water partition coefficient (Wildman–Crippen LogP) is 1.25. The molecule has 3 fully saturated rings. The third-order valence-corrected chi connectivity index (χ3v) is 5.57.